The molecule has 94 valence electrons. The fourth-order valence-corrected chi connectivity index (χ4v) is 2.27. The van der Waals surface area contributed by atoms with Gasteiger partial charge < -0.3 is 10.4 Å². The van der Waals surface area contributed by atoms with Gasteiger partial charge in [0.25, 0.3) is 0 Å². The molecular weight excluding hydrogens is 204 g/mol. The van der Waals surface area contributed by atoms with Crippen molar-refractivity contribution in [1.29, 1.82) is 0 Å². The number of nitrogens with one attached hydrogen (secondary N) is 1. The highest BCUT2D eigenvalue weighted by Crippen LogP contribution is 2.33. The number of hydrogen-bond donors (Lipinski definition) is 2. The van der Waals surface area contributed by atoms with Crippen LogP contribution in [0.5, 0.6) is 0 Å². The lowest BCUT2D eigenvalue weighted by atomic mass is 9.77. The van der Waals surface area contributed by atoms with Gasteiger partial charge in [0.2, 0.25) is 5.91 Å². The molecule has 16 heavy (non-hydrogen) atoms. The van der Waals surface area contributed by atoms with Crippen molar-refractivity contribution >= 4 is 5.91 Å². The van der Waals surface area contributed by atoms with Gasteiger partial charge in [-0.05, 0) is 44.7 Å². The molecule has 0 bridgehead atoms. The molecule has 1 aliphatic heterocycles. The van der Waals surface area contributed by atoms with Crippen molar-refractivity contribution in [2.75, 3.05) is 32.8 Å². The second-order valence-electron chi connectivity index (χ2n) is 4.74. The minimum Gasteiger partial charge on any atom is -0.396 e. The molecule has 0 aromatic rings. The molecule has 0 unspecified atom stereocenters. The Balaban J connectivity index is 2.34. The first-order valence-corrected chi connectivity index (χ1v) is 6.25. The summed E-state index contributed by atoms with van der Waals surface area (Å²) in [5, 5.41) is 12.2. The Morgan fingerprint density at radius 2 is 2.00 bits per heavy atom. The number of likely N-dealkylation sites (N-methyl/N-ethyl adjacent to an activating group) is 1. The van der Waals surface area contributed by atoms with Gasteiger partial charge in [0, 0.05) is 13.2 Å². The summed E-state index contributed by atoms with van der Waals surface area (Å²) in [5.41, 5.74) is 0.109. The summed E-state index contributed by atoms with van der Waals surface area (Å²) < 4.78 is 0. The first-order chi connectivity index (χ1) is 7.65. The largest absolute Gasteiger partial charge is 0.396 e. The number of amides is 1. The molecule has 0 radical (unpaired) electrons. The molecule has 4 nitrogen and oxygen atoms in total. The number of carbonyl (C=O) groups is 1. The van der Waals surface area contributed by atoms with E-state index in [0.29, 0.717) is 13.1 Å². The van der Waals surface area contributed by atoms with Crippen molar-refractivity contribution < 1.29 is 9.90 Å². The summed E-state index contributed by atoms with van der Waals surface area (Å²) in [4.78, 5) is 13.6. The number of likely N-dealkylation sites (tertiary alicyclic amines) is 1. The Bertz CT molecular complexity index is 217. The molecule has 0 aromatic carbocycles. The van der Waals surface area contributed by atoms with Gasteiger partial charge in [-0.15, -0.1) is 0 Å². The number of aliphatic hydroxyl groups excluding tert-OH is 1. The molecule has 0 spiro atoms. The van der Waals surface area contributed by atoms with Crippen LogP contribution in [0.1, 0.15) is 33.1 Å². The number of carbonyl (C=O) groups excluding carboxylic acids is 1. The molecule has 1 fully saturated rings. The van der Waals surface area contributed by atoms with E-state index in [4.69, 9.17) is 0 Å². The molecule has 1 saturated heterocycles. The zero-order valence-corrected chi connectivity index (χ0v) is 10.5. The number of hydrogen-bond acceptors (Lipinski definition) is 3. The maximum absolute atomic E-state index is 11.4. The quantitative estimate of drug-likeness (QED) is 0.725. The second kappa shape index (κ2) is 6.21. The lowest BCUT2D eigenvalue weighted by Gasteiger charge is -2.39. The van der Waals surface area contributed by atoms with E-state index in [0.717, 1.165) is 32.4 Å². The number of rotatable bonds is 5. The van der Waals surface area contributed by atoms with Gasteiger partial charge in [0.15, 0.2) is 0 Å². The van der Waals surface area contributed by atoms with Crippen LogP contribution in [0.4, 0.5) is 0 Å². The average molecular weight is 228 g/mol. The van der Waals surface area contributed by atoms with Crippen LogP contribution in [0.25, 0.3) is 0 Å². The van der Waals surface area contributed by atoms with Crippen LogP contribution in [0, 0.1) is 5.41 Å². The van der Waals surface area contributed by atoms with Crippen LogP contribution in [0.3, 0.4) is 0 Å². The summed E-state index contributed by atoms with van der Waals surface area (Å²) in [5.74, 6) is 0.107. The van der Waals surface area contributed by atoms with E-state index in [1.807, 2.05) is 6.92 Å². The normalized spacial score (nSPS) is 20.7. The SMILES string of the molecule is CCNC(=O)CN1CCC(CC)(CO)CC1. The van der Waals surface area contributed by atoms with Crippen molar-refractivity contribution in [2.45, 2.75) is 33.1 Å². The molecule has 0 aromatic heterocycles. The van der Waals surface area contributed by atoms with Crippen molar-refractivity contribution in [3.05, 3.63) is 0 Å². The fraction of sp³-hybridized carbons (Fsp3) is 0.917. The smallest absolute Gasteiger partial charge is 0.234 e. The zero-order valence-electron chi connectivity index (χ0n) is 10.5. The fourth-order valence-electron chi connectivity index (χ4n) is 2.27. The van der Waals surface area contributed by atoms with Crippen molar-refractivity contribution in [3.8, 4) is 0 Å². The summed E-state index contributed by atoms with van der Waals surface area (Å²) in [7, 11) is 0. The van der Waals surface area contributed by atoms with Gasteiger partial charge in [0.1, 0.15) is 0 Å². The van der Waals surface area contributed by atoms with Crippen molar-refractivity contribution in [1.82, 2.24) is 10.2 Å². The predicted octanol–water partition coefficient (Wildman–Crippen LogP) is 0.607. The van der Waals surface area contributed by atoms with Gasteiger partial charge >= 0.3 is 0 Å². The van der Waals surface area contributed by atoms with E-state index in [1.54, 1.807) is 0 Å². The van der Waals surface area contributed by atoms with E-state index >= 15 is 0 Å². The molecule has 2 N–H and O–H groups in total. The van der Waals surface area contributed by atoms with Crippen LogP contribution < -0.4 is 5.32 Å². The van der Waals surface area contributed by atoms with Crippen LogP contribution in [-0.4, -0.2) is 48.7 Å². The Labute approximate surface area is 98.0 Å². The summed E-state index contributed by atoms with van der Waals surface area (Å²) in [6, 6.07) is 0. The van der Waals surface area contributed by atoms with Crippen molar-refractivity contribution in [3.63, 3.8) is 0 Å². The third kappa shape index (κ3) is 3.46. The third-order valence-electron chi connectivity index (χ3n) is 3.74. The minimum atomic E-state index is 0.107. The van der Waals surface area contributed by atoms with E-state index in [2.05, 4.69) is 17.1 Å². The molecule has 0 aliphatic carbocycles. The molecular formula is C12H24N2O2. The summed E-state index contributed by atoms with van der Waals surface area (Å²) in [6.07, 6.45) is 3.03. The number of aliphatic hydroxyl groups is 1. The summed E-state index contributed by atoms with van der Waals surface area (Å²) in [6.45, 7) is 7.38. The highest BCUT2D eigenvalue weighted by atomic mass is 16.3. The predicted molar refractivity (Wildman–Crippen MR) is 64.2 cm³/mol. The molecule has 1 aliphatic rings. The lowest BCUT2D eigenvalue weighted by molar-refractivity contribution is -0.122. The third-order valence-corrected chi connectivity index (χ3v) is 3.74. The zero-order chi connectivity index (χ0) is 12.0. The van der Waals surface area contributed by atoms with Crippen LogP contribution in [0.15, 0.2) is 0 Å². The summed E-state index contributed by atoms with van der Waals surface area (Å²) >= 11 is 0. The van der Waals surface area contributed by atoms with E-state index in [-0.39, 0.29) is 17.9 Å². The molecule has 0 saturated carbocycles. The first kappa shape index (κ1) is 13.5. The molecule has 4 heteroatoms. The molecule has 1 amide bonds. The average Bonchev–Trinajstić information content (AvgIpc) is 2.31. The van der Waals surface area contributed by atoms with Crippen LogP contribution >= 0.6 is 0 Å². The minimum absolute atomic E-state index is 0.107. The van der Waals surface area contributed by atoms with E-state index in [9.17, 15) is 9.90 Å². The molecule has 1 heterocycles. The lowest BCUT2D eigenvalue weighted by Crippen LogP contribution is -2.45. The van der Waals surface area contributed by atoms with Gasteiger partial charge in [-0.3, -0.25) is 9.69 Å². The Kier molecular flexibility index (Phi) is 5.22. The number of piperidine rings is 1. The van der Waals surface area contributed by atoms with Crippen LogP contribution in [-0.2, 0) is 4.79 Å². The van der Waals surface area contributed by atoms with Gasteiger partial charge in [0.05, 0.1) is 6.54 Å². The topological polar surface area (TPSA) is 52.6 Å². The second-order valence-corrected chi connectivity index (χ2v) is 4.74. The highest BCUT2D eigenvalue weighted by Gasteiger charge is 2.32. The van der Waals surface area contributed by atoms with Crippen LogP contribution in [0.2, 0.25) is 0 Å². The standard InChI is InChI=1S/C12H24N2O2/c1-3-12(10-15)5-7-14(8-6-12)9-11(16)13-4-2/h15H,3-10H2,1-2H3,(H,13,16). The first-order valence-electron chi connectivity index (χ1n) is 6.25. The van der Waals surface area contributed by atoms with Gasteiger partial charge in [-0.25, -0.2) is 0 Å². The van der Waals surface area contributed by atoms with Gasteiger partial charge in [-0.2, -0.15) is 0 Å². The molecule has 1 rings (SSSR count). The van der Waals surface area contributed by atoms with E-state index in [1.165, 1.54) is 0 Å². The maximum atomic E-state index is 11.4. The maximum Gasteiger partial charge on any atom is 0.234 e. The van der Waals surface area contributed by atoms with Crippen molar-refractivity contribution in [2.24, 2.45) is 5.41 Å². The van der Waals surface area contributed by atoms with E-state index < -0.39 is 0 Å². The van der Waals surface area contributed by atoms with Gasteiger partial charge in [-0.1, -0.05) is 6.92 Å². The Morgan fingerprint density at radius 3 is 2.44 bits per heavy atom. The highest BCUT2D eigenvalue weighted by molar-refractivity contribution is 5.77. The monoisotopic (exact) mass is 228 g/mol. The number of nitrogens with zero attached hydrogens (tertiary/aromatic N) is 1. The molecule has 0 atom stereocenters. The Morgan fingerprint density at radius 1 is 1.38 bits per heavy atom. The Hall–Kier alpha value is -0.610.